The number of ether oxygens (including phenoxy) is 4. The SMILES string of the molecule is COc1cc(N2CCC(N3CCCC3)CC2)c(F)cc1Nc1ncc(Cl)c(Nc2ccccc2P(C)(C)=O)n1.COc1cc(N2CCN(C)CC2)ccc1Nc1ncc(Cl)c(Nc2ccc(P(C)(C)=O)cc2OC)n1.COc1cc(P2(=O)CCN(C3CC3)CC2)ccc1Nc1ncc(Cl)c(Nc2ccccc2S(=O)(=O)C(C)C)n1. The predicted molar refractivity (Wildman–Crippen MR) is 463 cm³/mol. The number of likely N-dealkylation sites (tertiary alicyclic amines) is 1. The molecule has 0 atom stereocenters. The van der Waals surface area contributed by atoms with Gasteiger partial charge in [0.25, 0.3) is 0 Å². The average molecular weight is 1690 g/mol. The Morgan fingerprint density at radius 3 is 1.51 bits per heavy atom. The molecule has 1 aliphatic carbocycles. The molecular formula is C80H100Cl3FN17O9P3S. The van der Waals surface area contributed by atoms with Crippen LogP contribution in [0.4, 0.5) is 85.2 Å². The van der Waals surface area contributed by atoms with Gasteiger partial charge >= 0.3 is 0 Å². The smallest absolute Gasteiger partial charge is 0.229 e. The van der Waals surface area contributed by atoms with Crippen molar-refractivity contribution < 1.29 is 45.5 Å². The van der Waals surface area contributed by atoms with Gasteiger partial charge in [-0.1, -0.05) is 59.1 Å². The highest BCUT2D eigenvalue weighted by Gasteiger charge is 2.38. The number of rotatable bonds is 25. The second-order valence-corrected chi connectivity index (χ2v) is 43.0. The monoisotopic (exact) mass is 1690 g/mol. The van der Waals surface area contributed by atoms with Crippen molar-refractivity contribution in [3.05, 3.63) is 155 Å². The molecule has 14 rings (SSSR count). The van der Waals surface area contributed by atoms with Gasteiger partial charge in [-0.2, -0.15) is 15.0 Å². The number of piperazine rings is 1. The number of nitrogens with zero attached hydrogens (tertiary/aromatic N) is 11. The highest BCUT2D eigenvalue weighted by molar-refractivity contribution is 7.92. The lowest BCUT2D eigenvalue weighted by molar-refractivity contribution is 0.207. The van der Waals surface area contributed by atoms with Crippen LogP contribution in [-0.2, 0) is 23.5 Å². The maximum atomic E-state index is 15.4. The lowest BCUT2D eigenvalue weighted by Crippen LogP contribution is -2.44. The number of methoxy groups -OCH3 is 4. The summed E-state index contributed by atoms with van der Waals surface area (Å²) in [4.78, 5) is 38.4. The van der Waals surface area contributed by atoms with E-state index in [2.05, 4.69) is 99.4 Å². The van der Waals surface area contributed by atoms with Crippen LogP contribution in [0.3, 0.4) is 0 Å². The second kappa shape index (κ2) is 37.2. The van der Waals surface area contributed by atoms with Crippen molar-refractivity contribution >= 4 is 163 Å². The number of piperidine rings is 1. The number of sulfone groups is 1. The summed E-state index contributed by atoms with van der Waals surface area (Å²) in [6.07, 6.45) is 12.9. The first-order valence-electron chi connectivity index (χ1n) is 37.9. The number of para-hydroxylation sites is 2. The standard InChI is InChI=1S/C28H35ClFN6O2P.C27H33ClN5O4PS.C25H32ClN6O3P/c1-38-25-17-24(36-14-10-19(11-15-36)35-12-6-7-13-35)21(30)16-23(25)33-28-31-18-20(29)27(34-28)32-22-8-4-5-9-26(22)39(2,3)37;1-18(2)39(35,36)25-7-5-4-6-23(25)30-26-21(28)17-29-27(32-26)31-22-11-10-20(16-24(22)37-3)38(34)14-12-33(13-15-38)19-8-9-19;1-31-10-12-32(13-11-31)17-6-8-21(22(14-17)34-2)29-25-27-16-19(26)24(30-25)28-20-9-7-18(36(4,5)33)15-23(20)35-3/h4-5,8-9,16-19H,6-7,10-15H2,1-3H3,(H2,31,32,33,34);4-7,10-11,16-19H,8-9,12-15H2,1-3H3,(H2,29,30,31,32);6-9,14-16H,10-13H2,1-5H3,(H2,27,28,29,30). The molecule has 0 amide bonds. The van der Waals surface area contributed by atoms with Crippen LogP contribution in [-0.4, -0.2) is 210 Å². The highest BCUT2D eigenvalue weighted by Crippen LogP contribution is 2.50. The molecule has 6 aromatic carbocycles. The summed E-state index contributed by atoms with van der Waals surface area (Å²) in [7, 11) is -2.53. The molecule has 5 fully saturated rings. The van der Waals surface area contributed by atoms with Crippen LogP contribution in [0.25, 0.3) is 0 Å². The Morgan fingerprint density at radius 1 is 0.500 bits per heavy atom. The van der Waals surface area contributed by atoms with Crippen molar-refractivity contribution in [1.29, 1.82) is 0 Å². The van der Waals surface area contributed by atoms with Gasteiger partial charge in [0.05, 0.1) is 97.0 Å². The molecule has 34 heteroatoms. The number of benzene rings is 6. The van der Waals surface area contributed by atoms with Gasteiger partial charge < -0.3 is 84.1 Å². The number of halogens is 4. The van der Waals surface area contributed by atoms with E-state index in [1.54, 1.807) is 111 Å². The quantitative estimate of drug-likeness (QED) is 0.0290. The Morgan fingerprint density at radius 2 is 0.965 bits per heavy atom. The van der Waals surface area contributed by atoms with Gasteiger partial charge in [0, 0.05) is 117 Å². The summed E-state index contributed by atoms with van der Waals surface area (Å²) in [5.74, 6) is 3.74. The molecule has 0 spiro atoms. The molecule has 4 aliphatic heterocycles. The largest absolute Gasteiger partial charge is 0.495 e. The summed E-state index contributed by atoms with van der Waals surface area (Å²) in [6, 6.07) is 35.4. The van der Waals surface area contributed by atoms with Gasteiger partial charge in [-0.15, -0.1) is 0 Å². The number of aromatic nitrogens is 6. The molecule has 9 aromatic rings. The Labute approximate surface area is 682 Å². The van der Waals surface area contributed by atoms with Crippen molar-refractivity contribution in [3.8, 4) is 23.0 Å². The van der Waals surface area contributed by atoms with Gasteiger partial charge in [-0.3, -0.25) is 4.90 Å². The van der Waals surface area contributed by atoms with Crippen LogP contribution in [0.15, 0.2) is 139 Å². The molecule has 3 aromatic heterocycles. The predicted octanol–water partition coefficient (Wildman–Crippen LogP) is 16.0. The summed E-state index contributed by atoms with van der Waals surface area (Å²) in [5, 5.41) is 21.4. The van der Waals surface area contributed by atoms with Crippen molar-refractivity contribution in [2.45, 2.75) is 74.6 Å². The van der Waals surface area contributed by atoms with Gasteiger partial charge in [0.1, 0.15) is 65.3 Å². The maximum Gasteiger partial charge on any atom is 0.229 e. The summed E-state index contributed by atoms with van der Waals surface area (Å²) < 4.78 is 103. The zero-order valence-electron chi connectivity index (χ0n) is 66.0. The zero-order chi connectivity index (χ0) is 81.2. The van der Waals surface area contributed by atoms with E-state index in [0.717, 1.165) is 87.2 Å². The van der Waals surface area contributed by atoms with Gasteiger partial charge in [0.2, 0.25) is 17.8 Å². The average Bonchev–Trinajstić information content (AvgIpc) is 1.26. The number of anilines is 14. The summed E-state index contributed by atoms with van der Waals surface area (Å²) in [5.41, 5.74) is 5.09. The van der Waals surface area contributed by atoms with Crippen LogP contribution in [0.5, 0.6) is 23.0 Å². The number of hydrogen-bond acceptors (Lipinski definition) is 26. The van der Waals surface area contributed by atoms with Gasteiger partial charge in [0.15, 0.2) is 27.3 Å². The fourth-order valence-electron chi connectivity index (χ4n) is 14.1. The van der Waals surface area contributed by atoms with E-state index in [1.165, 1.54) is 63.4 Å². The maximum absolute atomic E-state index is 15.4. The van der Waals surface area contributed by atoms with Crippen molar-refractivity contribution in [2.75, 3.05) is 182 Å². The van der Waals surface area contributed by atoms with Crippen LogP contribution in [0.1, 0.15) is 52.4 Å². The fourth-order valence-corrected chi connectivity index (χ4v) is 20.3. The first-order chi connectivity index (χ1) is 54.5. The normalized spacial score (nSPS) is 16.4. The first kappa shape index (κ1) is 84.9. The first-order valence-corrected chi connectivity index (χ1v) is 47.9. The van der Waals surface area contributed by atoms with E-state index in [0.29, 0.717) is 114 Å². The minimum atomic E-state index is -3.54. The number of hydrogen-bond donors (Lipinski definition) is 6. The third-order valence-electron chi connectivity index (χ3n) is 20.8. The molecule has 5 aliphatic rings. The van der Waals surface area contributed by atoms with Gasteiger partial charge in [-0.05, 0) is 172 Å². The van der Waals surface area contributed by atoms with E-state index in [1.807, 2.05) is 60.7 Å². The van der Waals surface area contributed by atoms with Crippen molar-refractivity contribution in [2.24, 2.45) is 0 Å². The van der Waals surface area contributed by atoms with Gasteiger partial charge in [-0.25, -0.2) is 27.8 Å². The molecule has 26 nitrogen and oxygen atoms in total. The van der Waals surface area contributed by atoms with Crippen LogP contribution in [0, 0.1) is 5.82 Å². The molecular weight excluding hydrogens is 1590 g/mol. The lowest BCUT2D eigenvalue weighted by atomic mass is 10.0. The van der Waals surface area contributed by atoms with E-state index >= 15 is 4.39 Å². The topological polar surface area (TPSA) is 288 Å². The van der Waals surface area contributed by atoms with Crippen LogP contribution in [0.2, 0.25) is 15.1 Å². The Kier molecular flexibility index (Phi) is 27.7. The van der Waals surface area contributed by atoms with E-state index in [9.17, 15) is 22.1 Å². The Bertz CT molecular complexity index is 5170. The molecule has 7 heterocycles. The molecule has 0 unspecified atom stereocenters. The molecule has 114 heavy (non-hydrogen) atoms. The fraction of sp³-hybridized carbons (Fsp3) is 0.400. The minimum absolute atomic E-state index is 0.166. The van der Waals surface area contributed by atoms with E-state index in [4.69, 9.17) is 53.8 Å². The third kappa shape index (κ3) is 21.0. The Balaban J connectivity index is 0.000000158. The molecule has 608 valence electrons. The zero-order valence-corrected chi connectivity index (χ0v) is 71.8. The summed E-state index contributed by atoms with van der Waals surface area (Å²) >= 11 is 19.1. The van der Waals surface area contributed by atoms with E-state index in [-0.39, 0.29) is 33.4 Å². The second-order valence-electron chi connectivity index (χ2n) is 29.7. The molecule has 4 saturated heterocycles. The minimum Gasteiger partial charge on any atom is -0.495 e. The summed E-state index contributed by atoms with van der Waals surface area (Å²) in [6.45, 7) is 19.9. The molecule has 0 radical (unpaired) electrons. The number of likely N-dealkylation sites (N-methyl/N-ethyl adjacent to an activating group) is 1. The number of nitrogens with one attached hydrogen (secondary N) is 6. The van der Waals surface area contributed by atoms with Crippen molar-refractivity contribution in [1.82, 2.24) is 44.6 Å². The van der Waals surface area contributed by atoms with E-state index < -0.39 is 36.5 Å². The lowest BCUT2D eigenvalue weighted by Gasteiger charge is -2.38. The molecule has 1 saturated carbocycles. The third-order valence-corrected chi connectivity index (χ3v) is 30.0. The van der Waals surface area contributed by atoms with Crippen LogP contribution >= 0.6 is 56.2 Å². The van der Waals surface area contributed by atoms with Crippen molar-refractivity contribution in [3.63, 3.8) is 0 Å². The van der Waals surface area contributed by atoms with Crippen LogP contribution < -0.4 is 76.6 Å². The highest BCUT2D eigenvalue weighted by atomic mass is 35.5. The molecule has 0 bridgehead atoms. The Hall–Kier alpha value is -8.52. The molecule has 6 N–H and O–H groups in total.